The van der Waals surface area contributed by atoms with Gasteiger partial charge in [-0.05, 0) is 50.8 Å². The van der Waals surface area contributed by atoms with Gasteiger partial charge in [-0.1, -0.05) is 48.0 Å². The third-order valence-corrected chi connectivity index (χ3v) is 3.50. The van der Waals surface area contributed by atoms with Crippen LogP contribution in [0.2, 0.25) is 0 Å². The summed E-state index contributed by atoms with van der Waals surface area (Å²) in [7, 11) is 0. The molecule has 0 saturated carbocycles. The molecule has 100 valence electrons. The Labute approximate surface area is 116 Å². The smallest absolute Gasteiger partial charge is 0.0371 e. The van der Waals surface area contributed by atoms with E-state index in [9.17, 15) is 0 Å². The lowest BCUT2D eigenvalue weighted by Crippen LogP contribution is -2.16. The fraction of sp³-hybridized carbons (Fsp3) is 0.333. The summed E-state index contributed by atoms with van der Waals surface area (Å²) >= 11 is 0. The molecule has 1 N–H and O–H groups in total. The Balaban J connectivity index is 1.88. The van der Waals surface area contributed by atoms with Gasteiger partial charge in [0, 0.05) is 11.7 Å². The molecule has 0 radical (unpaired) electrons. The summed E-state index contributed by atoms with van der Waals surface area (Å²) in [6.45, 7) is 6.55. The average Bonchev–Trinajstić information content (AvgIpc) is 2.39. The molecule has 1 atom stereocenters. The van der Waals surface area contributed by atoms with Crippen LogP contribution >= 0.6 is 0 Å². The minimum absolute atomic E-state index is 0.488. The van der Waals surface area contributed by atoms with E-state index in [4.69, 9.17) is 0 Å². The lowest BCUT2D eigenvalue weighted by Gasteiger charge is -2.17. The minimum Gasteiger partial charge on any atom is -0.382 e. The van der Waals surface area contributed by atoms with Crippen molar-refractivity contribution in [2.75, 3.05) is 5.32 Å². The maximum Gasteiger partial charge on any atom is 0.0371 e. The molecule has 1 heteroatoms. The number of rotatable bonds is 5. The molecule has 2 aromatic carbocycles. The number of aryl methyl sites for hydroxylation is 3. The number of hydrogen-bond donors (Lipinski definition) is 1. The topological polar surface area (TPSA) is 12.0 Å². The quantitative estimate of drug-likeness (QED) is 0.811. The van der Waals surface area contributed by atoms with E-state index in [2.05, 4.69) is 74.6 Å². The molecule has 0 aromatic heterocycles. The Kier molecular flexibility index (Phi) is 4.62. The fourth-order valence-corrected chi connectivity index (χ4v) is 2.32. The van der Waals surface area contributed by atoms with E-state index in [1.807, 2.05) is 0 Å². The van der Waals surface area contributed by atoms with E-state index >= 15 is 0 Å². The molecule has 0 bridgehead atoms. The molecule has 0 saturated heterocycles. The molecular formula is C18H23N. The van der Waals surface area contributed by atoms with Gasteiger partial charge in [-0.2, -0.15) is 0 Å². The number of anilines is 1. The highest BCUT2D eigenvalue weighted by Crippen LogP contribution is 2.16. The van der Waals surface area contributed by atoms with E-state index < -0.39 is 0 Å². The molecular weight excluding hydrogens is 230 g/mol. The van der Waals surface area contributed by atoms with Crippen LogP contribution in [0.15, 0.2) is 48.5 Å². The first-order valence-corrected chi connectivity index (χ1v) is 7.03. The zero-order chi connectivity index (χ0) is 13.7. The molecule has 1 unspecified atom stereocenters. The second-order valence-corrected chi connectivity index (χ2v) is 5.39. The van der Waals surface area contributed by atoms with Gasteiger partial charge in [0.05, 0.1) is 0 Å². The van der Waals surface area contributed by atoms with E-state index in [1.54, 1.807) is 0 Å². The first kappa shape index (κ1) is 13.7. The summed E-state index contributed by atoms with van der Waals surface area (Å²) in [5.74, 6) is 0. The molecule has 0 heterocycles. The Bertz CT molecular complexity index is 531. The minimum atomic E-state index is 0.488. The summed E-state index contributed by atoms with van der Waals surface area (Å²) < 4.78 is 0. The largest absolute Gasteiger partial charge is 0.382 e. The van der Waals surface area contributed by atoms with Gasteiger partial charge in [-0.3, -0.25) is 0 Å². The van der Waals surface area contributed by atoms with E-state index in [1.165, 1.54) is 22.4 Å². The summed E-state index contributed by atoms with van der Waals surface area (Å²) in [4.78, 5) is 0. The van der Waals surface area contributed by atoms with Gasteiger partial charge in [-0.15, -0.1) is 0 Å². The third-order valence-electron chi connectivity index (χ3n) is 3.50. The first-order valence-electron chi connectivity index (χ1n) is 7.03. The van der Waals surface area contributed by atoms with Crippen LogP contribution in [0.1, 0.15) is 30.0 Å². The molecule has 0 aliphatic carbocycles. The van der Waals surface area contributed by atoms with Crippen molar-refractivity contribution >= 4 is 5.69 Å². The van der Waals surface area contributed by atoms with Crippen LogP contribution in [0.3, 0.4) is 0 Å². The zero-order valence-electron chi connectivity index (χ0n) is 12.1. The van der Waals surface area contributed by atoms with Gasteiger partial charge in [-0.25, -0.2) is 0 Å². The average molecular weight is 253 g/mol. The van der Waals surface area contributed by atoms with Gasteiger partial charge in [0.2, 0.25) is 0 Å². The van der Waals surface area contributed by atoms with Gasteiger partial charge < -0.3 is 5.32 Å². The normalized spacial score (nSPS) is 12.2. The fourth-order valence-electron chi connectivity index (χ4n) is 2.32. The SMILES string of the molecule is Cc1cccc(CCC(C)Nc2ccccc2C)c1. The van der Waals surface area contributed by atoms with Crippen LogP contribution in [0.25, 0.3) is 0 Å². The van der Waals surface area contributed by atoms with Crippen LogP contribution in [0, 0.1) is 13.8 Å². The van der Waals surface area contributed by atoms with Crippen molar-refractivity contribution in [3.05, 3.63) is 65.2 Å². The summed E-state index contributed by atoms with van der Waals surface area (Å²) in [6.07, 6.45) is 2.28. The van der Waals surface area contributed by atoms with Crippen LogP contribution < -0.4 is 5.32 Å². The molecule has 0 aliphatic rings. The van der Waals surface area contributed by atoms with Gasteiger partial charge in [0.15, 0.2) is 0 Å². The highest BCUT2D eigenvalue weighted by molar-refractivity contribution is 5.50. The molecule has 1 nitrogen and oxygen atoms in total. The summed E-state index contributed by atoms with van der Waals surface area (Å²) in [6, 6.07) is 17.7. The Morgan fingerprint density at radius 2 is 1.79 bits per heavy atom. The predicted molar refractivity (Wildman–Crippen MR) is 83.8 cm³/mol. The number of benzene rings is 2. The van der Waals surface area contributed by atoms with E-state index in [-0.39, 0.29) is 0 Å². The van der Waals surface area contributed by atoms with Gasteiger partial charge in [0.1, 0.15) is 0 Å². The molecule has 2 rings (SSSR count). The van der Waals surface area contributed by atoms with Crippen LogP contribution in [-0.4, -0.2) is 6.04 Å². The maximum absolute atomic E-state index is 3.60. The second-order valence-electron chi connectivity index (χ2n) is 5.39. The Morgan fingerprint density at radius 3 is 2.53 bits per heavy atom. The van der Waals surface area contributed by atoms with Crippen molar-refractivity contribution in [2.24, 2.45) is 0 Å². The highest BCUT2D eigenvalue weighted by atomic mass is 14.9. The third kappa shape index (κ3) is 4.13. The van der Waals surface area contributed by atoms with Crippen molar-refractivity contribution < 1.29 is 0 Å². The maximum atomic E-state index is 3.60. The van der Waals surface area contributed by atoms with E-state index in [0.717, 1.165) is 12.8 Å². The molecule has 0 amide bonds. The molecule has 19 heavy (non-hydrogen) atoms. The van der Waals surface area contributed by atoms with Crippen molar-refractivity contribution in [3.63, 3.8) is 0 Å². The molecule has 0 spiro atoms. The summed E-state index contributed by atoms with van der Waals surface area (Å²) in [5, 5.41) is 3.60. The molecule has 0 fully saturated rings. The summed E-state index contributed by atoms with van der Waals surface area (Å²) in [5.41, 5.74) is 5.33. The monoisotopic (exact) mass is 253 g/mol. The standard InChI is InChI=1S/C18H23N/c1-14-7-6-9-17(13-14)12-11-16(3)19-18-10-5-4-8-15(18)2/h4-10,13,16,19H,11-12H2,1-3H3. The van der Waals surface area contributed by atoms with Crippen LogP contribution in [-0.2, 0) is 6.42 Å². The predicted octanol–water partition coefficient (Wildman–Crippen LogP) is 4.74. The highest BCUT2D eigenvalue weighted by Gasteiger charge is 2.04. The Morgan fingerprint density at radius 1 is 1.00 bits per heavy atom. The van der Waals surface area contributed by atoms with Crippen molar-refractivity contribution in [2.45, 2.75) is 39.7 Å². The molecule has 0 aliphatic heterocycles. The lowest BCUT2D eigenvalue weighted by molar-refractivity contribution is 0.705. The lowest BCUT2D eigenvalue weighted by atomic mass is 10.0. The van der Waals surface area contributed by atoms with E-state index in [0.29, 0.717) is 6.04 Å². The van der Waals surface area contributed by atoms with Crippen molar-refractivity contribution in [1.82, 2.24) is 0 Å². The number of para-hydroxylation sites is 1. The van der Waals surface area contributed by atoms with Crippen molar-refractivity contribution in [1.29, 1.82) is 0 Å². The molecule has 2 aromatic rings. The van der Waals surface area contributed by atoms with Gasteiger partial charge in [0.25, 0.3) is 0 Å². The van der Waals surface area contributed by atoms with Crippen LogP contribution in [0.5, 0.6) is 0 Å². The number of hydrogen-bond acceptors (Lipinski definition) is 1. The van der Waals surface area contributed by atoms with Gasteiger partial charge >= 0.3 is 0 Å². The first-order chi connectivity index (χ1) is 9.15. The number of nitrogens with one attached hydrogen (secondary N) is 1. The Hall–Kier alpha value is -1.76. The second kappa shape index (κ2) is 6.42. The zero-order valence-corrected chi connectivity index (χ0v) is 12.1. The van der Waals surface area contributed by atoms with Crippen molar-refractivity contribution in [3.8, 4) is 0 Å². The van der Waals surface area contributed by atoms with Crippen LogP contribution in [0.4, 0.5) is 5.69 Å².